The van der Waals surface area contributed by atoms with Gasteiger partial charge >= 0.3 is 0 Å². The molecule has 0 bridgehead atoms. The van der Waals surface area contributed by atoms with Crippen LogP contribution in [0.4, 0.5) is 0 Å². The molecule has 45 heavy (non-hydrogen) atoms. The van der Waals surface area contributed by atoms with Crippen molar-refractivity contribution in [2.45, 2.75) is 58.8 Å². The summed E-state index contributed by atoms with van der Waals surface area (Å²) in [7, 11) is 1.61. The predicted molar refractivity (Wildman–Crippen MR) is 185 cm³/mol. The number of rotatable bonds is 17. The number of nitrogens with zero attached hydrogens (tertiary/aromatic N) is 4. The summed E-state index contributed by atoms with van der Waals surface area (Å²) in [6.07, 6.45) is 6.13. The number of fused-ring (bicyclic) bond motifs is 1. The predicted octanol–water partition coefficient (Wildman–Crippen LogP) is 7.61. The minimum absolute atomic E-state index is 0.00110. The number of amides is 1. The molecule has 3 aromatic carbocycles. The van der Waals surface area contributed by atoms with Crippen LogP contribution in [0.1, 0.15) is 57.3 Å². The quantitative estimate of drug-likeness (QED) is 0.118. The molecule has 240 valence electrons. The van der Waals surface area contributed by atoms with Gasteiger partial charge in [-0.15, -0.1) is 0 Å². The average molecular weight is 652 g/mol. The maximum atomic E-state index is 13.8. The van der Waals surface area contributed by atoms with Crippen molar-refractivity contribution in [1.82, 2.24) is 19.4 Å². The third-order valence-corrected chi connectivity index (χ3v) is 8.77. The van der Waals surface area contributed by atoms with E-state index in [0.717, 1.165) is 44.5 Å². The monoisotopic (exact) mass is 650 g/mol. The maximum absolute atomic E-state index is 13.8. The van der Waals surface area contributed by atoms with Gasteiger partial charge in [0.2, 0.25) is 5.91 Å². The van der Waals surface area contributed by atoms with Crippen molar-refractivity contribution in [3.05, 3.63) is 98.5 Å². The van der Waals surface area contributed by atoms with Crippen LogP contribution in [-0.4, -0.2) is 65.1 Å². The number of methoxy groups -OCH3 is 1. The van der Waals surface area contributed by atoms with Gasteiger partial charge in [-0.3, -0.25) is 14.2 Å². The highest BCUT2D eigenvalue weighted by atomic mass is 35.5. The molecule has 0 saturated heterocycles. The molecule has 1 heterocycles. The van der Waals surface area contributed by atoms with Crippen LogP contribution in [0.2, 0.25) is 10.0 Å². The summed E-state index contributed by atoms with van der Waals surface area (Å²) in [5.74, 6) is 1.30. The molecule has 9 heteroatoms. The van der Waals surface area contributed by atoms with Gasteiger partial charge in [-0.05, 0) is 93.0 Å². The number of ether oxygens (including phenoxy) is 1. The van der Waals surface area contributed by atoms with Crippen LogP contribution in [0.25, 0.3) is 16.6 Å². The molecule has 0 aliphatic heterocycles. The standard InChI is InChI=1S/C36H44Cl2N4O3/c1-4-6-20-40(21-7-5-2)22-10-23-41(35(43)26-27-13-18-31(37)32(38)25-27)24-19-34-39-33-12-9-8-11-30(33)36(44)42(34)28-14-16-29(45-3)17-15-28/h8-9,11-18,25H,4-7,10,19-24,26H2,1-3H3. The van der Waals surface area contributed by atoms with Crippen molar-refractivity contribution in [3.63, 3.8) is 0 Å². The van der Waals surface area contributed by atoms with E-state index in [9.17, 15) is 9.59 Å². The first kappa shape index (κ1) is 34.5. The summed E-state index contributed by atoms with van der Waals surface area (Å²) in [6, 6.07) is 20.1. The number of carbonyl (C=O) groups excluding carboxylic acids is 1. The Morgan fingerprint density at radius 1 is 0.844 bits per heavy atom. The summed E-state index contributed by atoms with van der Waals surface area (Å²) < 4.78 is 6.99. The molecule has 0 saturated carbocycles. The van der Waals surface area contributed by atoms with E-state index in [-0.39, 0.29) is 17.9 Å². The second kappa shape index (κ2) is 17.3. The first-order valence-corrected chi connectivity index (χ1v) is 16.7. The van der Waals surface area contributed by atoms with Crippen LogP contribution in [0.3, 0.4) is 0 Å². The lowest BCUT2D eigenvalue weighted by Gasteiger charge is -2.26. The van der Waals surface area contributed by atoms with E-state index in [4.69, 9.17) is 32.9 Å². The highest BCUT2D eigenvalue weighted by Crippen LogP contribution is 2.23. The van der Waals surface area contributed by atoms with Crippen LogP contribution in [0.15, 0.2) is 71.5 Å². The number of aromatic nitrogens is 2. The number of hydrogen-bond donors (Lipinski definition) is 0. The van der Waals surface area contributed by atoms with E-state index in [1.54, 1.807) is 29.9 Å². The van der Waals surface area contributed by atoms with Crippen molar-refractivity contribution in [1.29, 1.82) is 0 Å². The number of benzene rings is 3. The molecule has 0 radical (unpaired) electrons. The molecule has 4 aromatic rings. The SMILES string of the molecule is CCCCN(CCCC)CCCN(CCc1nc2ccccc2c(=O)n1-c1ccc(OC)cc1)C(=O)Cc1ccc(Cl)c(Cl)c1. The molecule has 0 aliphatic carbocycles. The Kier molecular flexibility index (Phi) is 13.3. The lowest BCUT2D eigenvalue weighted by Crippen LogP contribution is -2.38. The molecular weight excluding hydrogens is 607 g/mol. The van der Waals surface area contributed by atoms with E-state index >= 15 is 0 Å². The Morgan fingerprint density at radius 3 is 2.20 bits per heavy atom. The zero-order valence-corrected chi connectivity index (χ0v) is 28.1. The number of hydrogen-bond acceptors (Lipinski definition) is 5. The second-order valence-corrected chi connectivity index (χ2v) is 12.2. The maximum Gasteiger partial charge on any atom is 0.265 e. The highest BCUT2D eigenvalue weighted by Gasteiger charge is 2.19. The van der Waals surface area contributed by atoms with Gasteiger partial charge in [0.25, 0.3) is 5.56 Å². The van der Waals surface area contributed by atoms with Gasteiger partial charge in [-0.1, -0.05) is 68.1 Å². The average Bonchev–Trinajstić information content (AvgIpc) is 3.05. The Labute approximate surface area is 276 Å². The van der Waals surface area contributed by atoms with Gasteiger partial charge in [0.05, 0.1) is 40.2 Å². The van der Waals surface area contributed by atoms with E-state index in [1.165, 1.54) is 12.8 Å². The lowest BCUT2D eigenvalue weighted by molar-refractivity contribution is -0.130. The minimum Gasteiger partial charge on any atom is -0.497 e. The fraction of sp³-hybridized carbons (Fsp3) is 0.417. The summed E-state index contributed by atoms with van der Waals surface area (Å²) in [4.78, 5) is 36.9. The zero-order chi connectivity index (χ0) is 32.2. The van der Waals surface area contributed by atoms with E-state index in [2.05, 4.69) is 18.7 Å². The van der Waals surface area contributed by atoms with Gasteiger partial charge in [0, 0.05) is 19.5 Å². The van der Waals surface area contributed by atoms with Crippen LogP contribution in [0, 0.1) is 0 Å². The Hall–Kier alpha value is -3.39. The summed E-state index contributed by atoms with van der Waals surface area (Å²) in [5, 5.41) is 1.44. The van der Waals surface area contributed by atoms with Crippen molar-refractivity contribution in [2.24, 2.45) is 0 Å². The van der Waals surface area contributed by atoms with Gasteiger partial charge in [0.15, 0.2) is 0 Å². The molecule has 0 fully saturated rings. The number of halogens is 2. The third-order valence-electron chi connectivity index (χ3n) is 8.03. The molecular formula is C36H44Cl2N4O3. The van der Waals surface area contributed by atoms with Crippen molar-refractivity contribution >= 4 is 40.0 Å². The first-order valence-electron chi connectivity index (χ1n) is 15.9. The topological polar surface area (TPSA) is 67.7 Å². The largest absolute Gasteiger partial charge is 0.497 e. The summed E-state index contributed by atoms with van der Waals surface area (Å²) in [6.45, 7) is 8.54. The number of unbranched alkanes of at least 4 members (excludes halogenated alkanes) is 2. The fourth-order valence-corrected chi connectivity index (χ4v) is 5.78. The van der Waals surface area contributed by atoms with Gasteiger partial charge in [-0.2, -0.15) is 0 Å². The van der Waals surface area contributed by atoms with Crippen molar-refractivity contribution < 1.29 is 9.53 Å². The second-order valence-electron chi connectivity index (χ2n) is 11.3. The fourth-order valence-electron chi connectivity index (χ4n) is 5.46. The molecule has 0 unspecified atom stereocenters. The Morgan fingerprint density at radius 2 is 1.53 bits per heavy atom. The van der Waals surface area contributed by atoms with E-state index in [0.29, 0.717) is 57.7 Å². The zero-order valence-electron chi connectivity index (χ0n) is 26.6. The van der Waals surface area contributed by atoms with Crippen molar-refractivity contribution in [2.75, 3.05) is 39.8 Å². The smallest absolute Gasteiger partial charge is 0.265 e. The minimum atomic E-state index is -0.142. The highest BCUT2D eigenvalue weighted by molar-refractivity contribution is 6.42. The molecule has 0 aliphatic rings. The van der Waals surface area contributed by atoms with E-state index in [1.807, 2.05) is 53.4 Å². The van der Waals surface area contributed by atoms with Crippen molar-refractivity contribution in [3.8, 4) is 11.4 Å². The molecule has 1 aromatic heterocycles. The van der Waals surface area contributed by atoms with Gasteiger partial charge in [-0.25, -0.2) is 4.98 Å². The molecule has 7 nitrogen and oxygen atoms in total. The van der Waals surface area contributed by atoms with Crippen LogP contribution in [0.5, 0.6) is 5.75 Å². The van der Waals surface area contributed by atoms with Gasteiger partial charge < -0.3 is 14.5 Å². The number of carbonyl (C=O) groups is 1. The molecule has 0 atom stereocenters. The Balaban J connectivity index is 1.60. The van der Waals surface area contributed by atoms with Gasteiger partial charge in [0.1, 0.15) is 11.6 Å². The Bertz CT molecular complexity index is 1600. The summed E-state index contributed by atoms with van der Waals surface area (Å²) >= 11 is 12.4. The normalized spacial score (nSPS) is 11.3. The molecule has 4 rings (SSSR count). The molecule has 0 N–H and O–H groups in total. The lowest BCUT2D eigenvalue weighted by atomic mass is 10.1. The van der Waals surface area contributed by atoms with Crippen LogP contribution >= 0.6 is 23.2 Å². The molecule has 1 amide bonds. The van der Waals surface area contributed by atoms with E-state index < -0.39 is 0 Å². The first-order chi connectivity index (χ1) is 21.8. The summed E-state index contributed by atoms with van der Waals surface area (Å²) in [5.41, 5.74) is 2.01. The van der Waals surface area contributed by atoms with Crippen LogP contribution in [-0.2, 0) is 17.6 Å². The molecule has 0 spiro atoms. The number of para-hydroxylation sites is 1. The third kappa shape index (κ3) is 9.55. The van der Waals surface area contributed by atoms with Crippen LogP contribution < -0.4 is 10.3 Å².